The van der Waals surface area contributed by atoms with Crippen molar-refractivity contribution in [2.24, 2.45) is 0 Å². The van der Waals surface area contributed by atoms with E-state index in [-0.39, 0.29) is 0 Å². The topological polar surface area (TPSA) is 60.0 Å². The van der Waals surface area contributed by atoms with Crippen molar-refractivity contribution in [2.75, 3.05) is 5.32 Å². The van der Waals surface area contributed by atoms with Crippen LogP contribution >= 0.6 is 0 Å². The minimum Gasteiger partial charge on any atom is -0.350 e. The first-order valence-corrected chi connectivity index (χ1v) is 10.4. The number of pyridine rings is 1. The van der Waals surface area contributed by atoms with Crippen molar-refractivity contribution in [3.05, 3.63) is 65.1 Å². The van der Waals surface area contributed by atoms with Crippen LogP contribution in [0.3, 0.4) is 0 Å². The number of nitrogens with zero attached hydrogens (tertiary/aromatic N) is 5. The summed E-state index contributed by atoms with van der Waals surface area (Å²) in [5.41, 5.74) is 8.45. The summed E-state index contributed by atoms with van der Waals surface area (Å²) in [6, 6.07) is 11.0. The summed E-state index contributed by atoms with van der Waals surface area (Å²) in [6.45, 7) is 7.35. The summed E-state index contributed by atoms with van der Waals surface area (Å²) >= 11 is 0. The predicted molar refractivity (Wildman–Crippen MR) is 115 cm³/mol. The van der Waals surface area contributed by atoms with Gasteiger partial charge in [-0.1, -0.05) is 23.8 Å². The summed E-state index contributed by atoms with van der Waals surface area (Å²) in [5, 5.41) is 12.8. The van der Waals surface area contributed by atoms with Crippen molar-refractivity contribution >= 4 is 11.6 Å². The van der Waals surface area contributed by atoms with Gasteiger partial charge >= 0.3 is 0 Å². The van der Waals surface area contributed by atoms with E-state index in [0.717, 1.165) is 37.0 Å². The van der Waals surface area contributed by atoms with Gasteiger partial charge in [0, 0.05) is 30.0 Å². The molecule has 0 fully saturated rings. The van der Waals surface area contributed by atoms with E-state index in [0.29, 0.717) is 12.0 Å². The molecular formula is C23H26N6. The summed E-state index contributed by atoms with van der Waals surface area (Å²) < 4.78 is 3.99. The zero-order valence-corrected chi connectivity index (χ0v) is 17.2. The van der Waals surface area contributed by atoms with Crippen LogP contribution in [0.25, 0.3) is 16.8 Å². The highest BCUT2D eigenvalue weighted by Crippen LogP contribution is 2.29. The van der Waals surface area contributed by atoms with Crippen LogP contribution in [0.1, 0.15) is 35.7 Å². The second kappa shape index (κ2) is 7.03. The number of fused-ring (bicyclic) bond motifs is 2. The van der Waals surface area contributed by atoms with Gasteiger partial charge < -0.3 is 5.32 Å². The van der Waals surface area contributed by atoms with Gasteiger partial charge in [-0.3, -0.25) is 4.68 Å². The van der Waals surface area contributed by atoms with Crippen LogP contribution in [0.4, 0.5) is 5.95 Å². The standard InChI is InChI=1S/C23H26N6/c1-4-28-21-10-8-18(13-17(21)14-24-28)25-23-26-22-20(6-5-11-29(22)27-23)19-9-7-15(2)12-16(19)3/h5-7,9,11-12,14,18H,4,8,10,13H2,1-3H3,(H,25,27)/t18-/m1/s1. The lowest BCUT2D eigenvalue weighted by Crippen LogP contribution is -2.28. The molecule has 1 aromatic carbocycles. The number of aryl methyl sites for hydroxylation is 3. The van der Waals surface area contributed by atoms with E-state index in [1.165, 1.54) is 27.9 Å². The van der Waals surface area contributed by atoms with Crippen LogP contribution < -0.4 is 5.32 Å². The van der Waals surface area contributed by atoms with Crippen molar-refractivity contribution in [3.8, 4) is 11.1 Å². The molecule has 1 aliphatic carbocycles. The Labute approximate surface area is 170 Å². The zero-order chi connectivity index (χ0) is 20.0. The Balaban J connectivity index is 1.44. The second-order valence-corrected chi connectivity index (χ2v) is 7.96. The number of nitrogens with one attached hydrogen (secondary N) is 1. The number of hydrogen-bond acceptors (Lipinski definition) is 4. The van der Waals surface area contributed by atoms with Gasteiger partial charge in [-0.15, -0.1) is 5.10 Å². The van der Waals surface area contributed by atoms with Crippen molar-refractivity contribution in [1.82, 2.24) is 24.4 Å². The fourth-order valence-corrected chi connectivity index (χ4v) is 4.46. The molecule has 3 aromatic heterocycles. The summed E-state index contributed by atoms with van der Waals surface area (Å²) in [5.74, 6) is 0.693. The lowest BCUT2D eigenvalue weighted by atomic mass is 9.93. The Morgan fingerprint density at radius 2 is 2.07 bits per heavy atom. The maximum atomic E-state index is 4.84. The van der Waals surface area contributed by atoms with Gasteiger partial charge in [0.1, 0.15) is 0 Å². The maximum absolute atomic E-state index is 4.84. The van der Waals surface area contributed by atoms with Gasteiger partial charge in [0.25, 0.3) is 0 Å². The van der Waals surface area contributed by atoms with Gasteiger partial charge in [0.05, 0.1) is 6.20 Å². The first kappa shape index (κ1) is 17.9. The van der Waals surface area contributed by atoms with Gasteiger partial charge in [-0.25, -0.2) is 4.52 Å². The fraction of sp³-hybridized carbons (Fsp3) is 0.348. The van der Waals surface area contributed by atoms with E-state index in [9.17, 15) is 0 Å². The third-order valence-corrected chi connectivity index (χ3v) is 5.90. The second-order valence-electron chi connectivity index (χ2n) is 7.96. The number of anilines is 1. The molecule has 0 aliphatic heterocycles. The Morgan fingerprint density at radius 3 is 2.90 bits per heavy atom. The van der Waals surface area contributed by atoms with Crippen LogP contribution in [-0.4, -0.2) is 30.4 Å². The minimum atomic E-state index is 0.332. The number of aromatic nitrogens is 5. The molecule has 6 heteroatoms. The van der Waals surface area contributed by atoms with Crippen molar-refractivity contribution in [3.63, 3.8) is 0 Å². The van der Waals surface area contributed by atoms with Gasteiger partial charge in [-0.05, 0) is 68.9 Å². The molecule has 0 amide bonds. The van der Waals surface area contributed by atoms with Crippen molar-refractivity contribution < 1.29 is 0 Å². The Morgan fingerprint density at radius 1 is 1.17 bits per heavy atom. The zero-order valence-electron chi connectivity index (χ0n) is 17.2. The molecule has 0 unspecified atom stereocenters. The van der Waals surface area contributed by atoms with Crippen LogP contribution in [0, 0.1) is 13.8 Å². The van der Waals surface area contributed by atoms with Crippen molar-refractivity contribution in [2.45, 2.75) is 52.6 Å². The molecule has 0 radical (unpaired) electrons. The van der Waals surface area contributed by atoms with Gasteiger partial charge in [0.2, 0.25) is 5.95 Å². The smallest absolute Gasteiger partial charge is 0.243 e. The number of rotatable bonds is 4. The molecule has 0 spiro atoms. The van der Waals surface area contributed by atoms with Crippen LogP contribution in [0.15, 0.2) is 42.7 Å². The first-order chi connectivity index (χ1) is 14.1. The quantitative estimate of drug-likeness (QED) is 0.571. The Bertz CT molecular complexity index is 1190. The SMILES string of the molecule is CCn1ncc2c1CC[C@@H](Nc1nc3c(-c4ccc(C)cc4C)cccn3n1)C2. The van der Waals surface area contributed by atoms with E-state index in [4.69, 9.17) is 10.1 Å². The molecule has 1 aliphatic rings. The molecule has 0 bridgehead atoms. The molecular weight excluding hydrogens is 360 g/mol. The molecule has 148 valence electrons. The maximum Gasteiger partial charge on any atom is 0.243 e. The molecule has 1 N–H and O–H groups in total. The number of benzene rings is 1. The van der Waals surface area contributed by atoms with E-state index in [2.05, 4.69) is 60.1 Å². The average molecular weight is 387 g/mol. The van der Waals surface area contributed by atoms with E-state index >= 15 is 0 Å². The van der Waals surface area contributed by atoms with Crippen LogP contribution in [0.5, 0.6) is 0 Å². The monoisotopic (exact) mass is 386 g/mol. The van der Waals surface area contributed by atoms with Crippen LogP contribution in [-0.2, 0) is 19.4 Å². The highest BCUT2D eigenvalue weighted by Gasteiger charge is 2.23. The predicted octanol–water partition coefficient (Wildman–Crippen LogP) is 4.20. The van der Waals surface area contributed by atoms with Crippen molar-refractivity contribution in [1.29, 1.82) is 0 Å². The number of hydrogen-bond donors (Lipinski definition) is 1. The molecule has 3 heterocycles. The van der Waals surface area contributed by atoms with E-state index in [1.54, 1.807) is 0 Å². The molecule has 0 saturated heterocycles. The first-order valence-electron chi connectivity index (χ1n) is 10.4. The largest absolute Gasteiger partial charge is 0.350 e. The molecule has 1 atom stereocenters. The van der Waals surface area contributed by atoms with Crippen LogP contribution in [0.2, 0.25) is 0 Å². The lowest BCUT2D eigenvalue weighted by Gasteiger charge is -2.23. The summed E-state index contributed by atoms with van der Waals surface area (Å²) in [4.78, 5) is 4.84. The van der Waals surface area contributed by atoms with E-state index in [1.807, 2.05) is 23.0 Å². The normalized spacial score (nSPS) is 16.2. The third kappa shape index (κ3) is 3.18. The summed E-state index contributed by atoms with van der Waals surface area (Å²) in [7, 11) is 0. The average Bonchev–Trinajstić information content (AvgIpc) is 3.31. The fourth-order valence-electron chi connectivity index (χ4n) is 4.46. The summed E-state index contributed by atoms with van der Waals surface area (Å²) in [6.07, 6.45) is 7.06. The Hall–Kier alpha value is -3.15. The highest BCUT2D eigenvalue weighted by atomic mass is 15.3. The molecule has 5 rings (SSSR count). The molecule has 0 saturated carbocycles. The van der Waals surface area contributed by atoms with Gasteiger partial charge in [0.15, 0.2) is 5.65 Å². The Kier molecular flexibility index (Phi) is 4.34. The lowest BCUT2D eigenvalue weighted by molar-refractivity contribution is 0.552. The molecule has 4 aromatic rings. The minimum absolute atomic E-state index is 0.332. The third-order valence-electron chi connectivity index (χ3n) is 5.90. The van der Waals surface area contributed by atoms with E-state index < -0.39 is 0 Å². The molecule has 6 nitrogen and oxygen atoms in total. The van der Waals surface area contributed by atoms with Gasteiger partial charge in [-0.2, -0.15) is 10.1 Å². The molecule has 29 heavy (non-hydrogen) atoms. The highest BCUT2D eigenvalue weighted by molar-refractivity contribution is 5.80.